The summed E-state index contributed by atoms with van der Waals surface area (Å²) in [5.74, 6) is 0.167. The summed E-state index contributed by atoms with van der Waals surface area (Å²) in [7, 11) is 0. The number of morpholine rings is 1. The summed E-state index contributed by atoms with van der Waals surface area (Å²) in [5, 5.41) is 0.538. The lowest BCUT2D eigenvalue weighted by Crippen LogP contribution is -2.56. The Bertz CT molecular complexity index is 535. The van der Waals surface area contributed by atoms with Gasteiger partial charge >= 0.3 is 0 Å². The fourth-order valence-electron chi connectivity index (χ4n) is 2.97. The zero-order chi connectivity index (χ0) is 16.9. The normalized spacial score (nSPS) is 18.6. The quantitative estimate of drug-likeness (QED) is 0.428. The molecule has 1 unspecified atom stereocenters. The molecule has 3 nitrogen and oxygen atoms in total. The highest BCUT2D eigenvalue weighted by Gasteiger charge is 2.39. The molecule has 2 rings (SSSR count). The zero-order valence-electron chi connectivity index (χ0n) is 14.4. The molecule has 0 aromatic heterocycles. The monoisotopic (exact) mass is 333 g/mol. The maximum absolute atomic E-state index is 13.2. The summed E-state index contributed by atoms with van der Waals surface area (Å²) in [4.78, 5) is 16.6. The van der Waals surface area contributed by atoms with Gasteiger partial charge in [0.15, 0.2) is 5.78 Å². The second kappa shape index (κ2) is 8.13. The Morgan fingerprint density at radius 3 is 2.48 bits per heavy atom. The van der Waals surface area contributed by atoms with E-state index in [-0.39, 0.29) is 5.78 Å². The van der Waals surface area contributed by atoms with Gasteiger partial charge in [-0.3, -0.25) is 9.69 Å². The van der Waals surface area contributed by atoms with Gasteiger partial charge < -0.3 is 4.74 Å². The van der Waals surface area contributed by atoms with E-state index in [0.29, 0.717) is 24.9 Å². The molecule has 0 amide bonds. The highest BCUT2D eigenvalue weighted by molar-refractivity contribution is 7.99. The Kier molecular flexibility index (Phi) is 6.45. The summed E-state index contributed by atoms with van der Waals surface area (Å²) >= 11 is 1.81. The van der Waals surface area contributed by atoms with Gasteiger partial charge in [0.05, 0.1) is 18.8 Å². The molecule has 23 heavy (non-hydrogen) atoms. The molecule has 0 N–H and O–H groups in total. The highest BCUT2D eigenvalue weighted by atomic mass is 32.2. The van der Waals surface area contributed by atoms with Gasteiger partial charge in [-0.15, -0.1) is 18.3 Å². The molecule has 1 atom stereocenters. The minimum Gasteiger partial charge on any atom is -0.379 e. The number of hydrogen-bond donors (Lipinski definition) is 0. The zero-order valence-corrected chi connectivity index (χ0v) is 15.2. The van der Waals surface area contributed by atoms with Crippen molar-refractivity contribution in [3.05, 3.63) is 42.5 Å². The number of carbonyl (C=O) groups is 1. The molecule has 0 saturated carbocycles. The van der Waals surface area contributed by atoms with Crippen molar-refractivity contribution in [3.8, 4) is 0 Å². The van der Waals surface area contributed by atoms with Crippen molar-refractivity contribution < 1.29 is 9.53 Å². The highest BCUT2D eigenvalue weighted by Crippen LogP contribution is 2.28. The number of carbonyl (C=O) groups excluding carboxylic acids is 1. The van der Waals surface area contributed by atoms with Crippen LogP contribution in [-0.4, -0.2) is 47.8 Å². The third-order valence-electron chi connectivity index (χ3n) is 4.23. The average molecular weight is 333 g/mol. The molecule has 1 aliphatic rings. The molecule has 0 aliphatic carbocycles. The largest absolute Gasteiger partial charge is 0.379 e. The standard InChI is InChI=1S/C19H27NO2S/c1-5-10-19(4,20-11-13-22-14-12-20)18(21)16-6-8-17(9-7-16)23-15(2)3/h5-9,15H,1,10-14H2,2-4H3. The minimum absolute atomic E-state index is 0.167. The van der Waals surface area contributed by atoms with Crippen molar-refractivity contribution in [2.24, 2.45) is 0 Å². The summed E-state index contributed by atoms with van der Waals surface area (Å²) < 4.78 is 5.43. The molecule has 1 heterocycles. The average Bonchev–Trinajstić information content (AvgIpc) is 2.55. The van der Waals surface area contributed by atoms with Gasteiger partial charge in [-0.2, -0.15) is 0 Å². The minimum atomic E-state index is -0.543. The number of benzene rings is 1. The SMILES string of the molecule is C=CCC(C)(C(=O)c1ccc(SC(C)C)cc1)N1CCOCC1. The maximum Gasteiger partial charge on any atom is 0.183 e. The second-order valence-electron chi connectivity index (χ2n) is 6.39. The van der Waals surface area contributed by atoms with Gasteiger partial charge in [0.1, 0.15) is 0 Å². The maximum atomic E-state index is 13.2. The number of rotatable bonds is 7. The summed E-state index contributed by atoms with van der Waals surface area (Å²) in [6.07, 6.45) is 2.49. The fourth-order valence-corrected chi connectivity index (χ4v) is 3.81. The van der Waals surface area contributed by atoms with Crippen LogP contribution in [0.2, 0.25) is 0 Å². The lowest BCUT2D eigenvalue weighted by Gasteiger charge is -2.41. The van der Waals surface area contributed by atoms with Crippen molar-refractivity contribution in [2.75, 3.05) is 26.3 Å². The summed E-state index contributed by atoms with van der Waals surface area (Å²) in [6, 6.07) is 8.00. The van der Waals surface area contributed by atoms with Crippen LogP contribution in [0.3, 0.4) is 0 Å². The summed E-state index contributed by atoms with van der Waals surface area (Å²) in [6.45, 7) is 13.2. The van der Waals surface area contributed by atoms with Crippen LogP contribution in [0.5, 0.6) is 0 Å². The Morgan fingerprint density at radius 1 is 1.35 bits per heavy atom. The van der Waals surface area contributed by atoms with Crippen molar-refractivity contribution in [2.45, 2.75) is 42.9 Å². The number of thioether (sulfide) groups is 1. The topological polar surface area (TPSA) is 29.5 Å². The van der Waals surface area contributed by atoms with Crippen molar-refractivity contribution in [1.82, 2.24) is 4.90 Å². The van der Waals surface area contributed by atoms with Crippen LogP contribution < -0.4 is 0 Å². The van der Waals surface area contributed by atoms with Crippen LogP contribution >= 0.6 is 11.8 Å². The molecule has 1 aromatic carbocycles. The van der Waals surface area contributed by atoms with E-state index in [2.05, 4.69) is 25.3 Å². The van der Waals surface area contributed by atoms with Crippen molar-refractivity contribution in [3.63, 3.8) is 0 Å². The van der Waals surface area contributed by atoms with E-state index in [1.807, 2.05) is 49.0 Å². The molecule has 0 spiro atoms. The lowest BCUT2D eigenvalue weighted by molar-refractivity contribution is -0.00871. The fraction of sp³-hybridized carbons (Fsp3) is 0.526. The number of ether oxygens (including phenoxy) is 1. The molecule has 4 heteroatoms. The van der Waals surface area contributed by atoms with E-state index in [1.165, 1.54) is 4.90 Å². The molecule has 1 saturated heterocycles. The second-order valence-corrected chi connectivity index (χ2v) is 8.04. The Morgan fingerprint density at radius 2 is 1.96 bits per heavy atom. The lowest BCUT2D eigenvalue weighted by atomic mass is 9.86. The number of hydrogen-bond acceptors (Lipinski definition) is 4. The van der Waals surface area contributed by atoms with Crippen LogP contribution in [0.15, 0.2) is 41.8 Å². The predicted molar refractivity (Wildman–Crippen MR) is 97.4 cm³/mol. The Labute approximate surface area is 144 Å². The first-order valence-corrected chi connectivity index (χ1v) is 9.10. The van der Waals surface area contributed by atoms with Crippen LogP contribution in [0, 0.1) is 0 Å². The molecule has 1 aliphatic heterocycles. The smallest absolute Gasteiger partial charge is 0.183 e. The Hall–Kier alpha value is -1.10. The number of ketones is 1. The van der Waals surface area contributed by atoms with Gasteiger partial charge in [-0.25, -0.2) is 0 Å². The van der Waals surface area contributed by atoms with E-state index in [4.69, 9.17) is 4.74 Å². The van der Waals surface area contributed by atoms with E-state index < -0.39 is 5.54 Å². The van der Waals surface area contributed by atoms with Gasteiger partial charge in [0.2, 0.25) is 0 Å². The molecular formula is C19H27NO2S. The molecule has 1 fully saturated rings. The van der Waals surface area contributed by atoms with Crippen LogP contribution in [0.1, 0.15) is 37.6 Å². The third-order valence-corrected chi connectivity index (χ3v) is 5.24. The predicted octanol–water partition coefficient (Wildman–Crippen LogP) is 4.04. The van der Waals surface area contributed by atoms with E-state index in [1.54, 1.807) is 0 Å². The van der Waals surface area contributed by atoms with E-state index in [0.717, 1.165) is 18.7 Å². The Balaban J connectivity index is 2.21. The van der Waals surface area contributed by atoms with E-state index in [9.17, 15) is 4.79 Å². The van der Waals surface area contributed by atoms with E-state index >= 15 is 0 Å². The first kappa shape index (κ1) is 18.2. The van der Waals surface area contributed by atoms with Gasteiger partial charge in [-0.1, -0.05) is 32.1 Å². The first-order chi connectivity index (χ1) is 11.0. The van der Waals surface area contributed by atoms with Crippen LogP contribution in [0.25, 0.3) is 0 Å². The first-order valence-electron chi connectivity index (χ1n) is 8.22. The number of nitrogens with zero attached hydrogens (tertiary/aromatic N) is 1. The van der Waals surface area contributed by atoms with Crippen LogP contribution in [0.4, 0.5) is 0 Å². The third kappa shape index (κ3) is 4.46. The van der Waals surface area contributed by atoms with Crippen molar-refractivity contribution in [1.29, 1.82) is 0 Å². The van der Waals surface area contributed by atoms with Gasteiger partial charge in [0.25, 0.3) is 0 Å². The summed E-state index contributed by atoms with van der Waals surface area (Å²) in [5.41, 5.74) is 0.229. The molecule has 0 bridgehead atoms. The van der Waals surface area contributed by atoms with Crippen LogP contribution in [-0.2, 0) is 4.74 Å². The molecule has 0 radical (unpaired) electrons. The van der Waals surface area contributed by atoms with Gasteiger partial charge in [-0.05, 0) is 25.5 Å². The number of Topliss-reactive ketones (excluding diaryl/α,β-unsaturated/α-hetero) is 1. The van der Waals surface area contributed by atoms with Crippen molar-refractivity contribution >= 4 is 17.5 Å². The molecule has 1 aromatic rings. The van der Waals surface area contributed by atoms with Gasteiger partial charge in [0, 0.05) is 28.8 Å². The molecular weight excluding hydrogens is 306 g/mol. The molecule has 126 valence electrons.